The van der Waals surface area contributed by atoms with Crippen LogP contribution in [-0.4, -0.2) is 19.9 Å². The molecule has 0 spiro atoms. The molecule has 0 amide bonds. The molecule has 2 aromatic rings. The maximum atomic E-state index is 13.1. The van der Waals surface area contributed by atoms with Gasteiger partial charge in [0, 0.05) is 18.7 Å². The van der Waals surface area contributed by atoms with Crippen LogP contribution in [0.25, 0.3) is 6.08 Å². The molecule has 2 aliphatic rings. The van der Waals surface area contributed by atoms with E-state index in [1.54, 1.807) is 12.1 Å². The molecule has 7 heteroatoms. The molecule has 1 aliphatic carbocycles. The molecular formula is C18H16N2O4S. The number of anilines is 1. The Bertz CT molecular complexity index is 1010. The molecule has 128 valence electrons. The quantitative estimate of drug-likeness (QED) is 0.624. The van der Waals surface area contributed by atoms with Gasteiger partial charge in [0.15, 0.2) is 0 Å². The van der Waals surface area contributed by atoms with Gasteiger partial charge in [-0.25, -0.2) is 8.42 Å². The van der Waals surface area contributed by atoms with Crippen molar-refractivity contribution in [2.24, 2.45) is 0 Å². The highest BCUT2D eigenvalue weighted by atomic mass is 32.2. The second kappa shape index (κ2) is 5.70. The lowest BCUT2D eigenvalue weighted by molar-refractivity contribution is -0.384. The zero-order valence-electron chi connectivity index (χ0n) is 13.4. The highest BCUT2D eigenvalue weighted by Crippen LogP contribution is 2.37. The number of nitro groups is 1. The van der Waals surface area contributed by atoms with Crippen LogP contribution in [-0.2, 0) is 22.9 Å². The fourth-order valence-electron chi connectivity index (χ4n) is 3.45. The SMILES string of the molecule is O=[N+]([O-])c1ccc2c(c1)N(S(=O)(=O)C1=Cc3ccccc3CC1)CC2. The zero-order valence-corrected chi connectivity index (χ0v) is 14.2. The minimum atomic E-state index is -3.69. The van der Waals surface area contributed by atoms with Gasteiger partial charge >= 0.3 is 0 Å². The van der Waals surface area contributed by atoms with Crippen LogP contribution < -0.4 is 4.31 Å². The van der Waals surface area contributed by atoms with Crippen molar-refractivity contribution in [3.05, 3.63) is 74.2 Å². The lowest BCUT2D eigenvalue weighted by Crippen LogP contribution is -2.31. The molecule has 6 nitrogen and oxygen atoms in total. The molecule has 1 heterocycles. The molecule has 0 saturated heterocycles. The molecule has 0 saturated carbocycles. The van der Waals surface area contributed by atoms with Crippen molar-refractivity contribution in [2.75, 3.05) is 10.8 Å². The average Bonchev–Trinajstić information content (AvgIpc) is 3.05. The summed E-state index contributed by atoms with van der Waals surface area (Å²) >= 11 is 0. The van der Waals surface area contributed by atoms with Crippen LogP contribution in [0, 0.1) is 10.1 Å². The van der Waals surface area contributed by atoms with E-state index in [9.17, 15) is 18.5 Å². The maximum Gasteiger partial charge on any atom is 0.271 e. The van der Waals surface area contributed by atoms with E-state index in [2.05, 4.69) is 0 Å². The number of non-ortho nitro benzene ring substituents is 1. The molecule has 0 fully saturated rings. The van der Waals surface area contributed by atoms with E-state index >= 15 is 0 Å². The monoisotopic (exact) mass is 356 g/mol. The first-order valence-corrected chi connectivity index (χ1v) is 9.49. The Balaban J connectivity index is 1.76. The maximum absolute atomic E-state index is 13.1. The summed E-state index contributed by atoms with van der Waals surface area (Å²) in [7, 11) is -3.69. The van der Waals surface area contributed by atoms with Crippen LogP contribution in [0.1, 0.15) is 23.1 Å². The van der Waals surface area contributed by atoms with E-state index in [0.717, 1.165) is 16.7 Å². The first-order chi connectivity index (χ1) is 12.0. The molecule has 25 heavy (non-hydrogen) atoms. The Kier molecular flexibility index (Phi) is 3.61. The van der Waals surface area contributed by atoms with E-state index in [4.69, 9.17) is 0 Å². The van der Waals surface area contributed by atoms with Gasteiger partial charge in [-0.1, -0.05) is 30.3 Å². The van der Waals surface area contributed by atoms with Crippen LogP contribution in [0.3, 0.4) is 0 Å². The normalized spacial score (nSPS) is 16.2. The Morgan fingerprint density at radius 3 is 2.60 bits per heavy atom. The van der Waals surface area contributed by atoms with E-state index in [1.165, 1.54) is 16.4 Å². The lowest BCUT2D eigenvalue weighted by atomic mass is 9.98. The summed E-state index contributed by atoms with van der Waals surface area (Å²) in [5.41, 5.74) is 3.22. The van der Waals surface area contributed by atoms with Crippen molar-refractivity contribution in [3.8, 4) is 0 Å². The zero-order chi connectivity index (χ0) is 17.6. The first-order valence-electron chi connectivity index (χ1n) is 8.05. The summed E-state index contributed by atoms with van der Waals surface area (Å²) in [4.78, 5) is 10.9. The second-order valence-corrected chi connectivity index (χ2v) is 8.12. The topological polar surface area (TPSA) is 80.5 Å². The van der Waals surface area contributed by atoms with E-state index in [0.29, 0.717) is 36.4 Å². The molecule has 0 unspecified atom stereocenters. The molecule has 0 bridgehead atoms. The number of benzene rings is 2. The fourth-order valence-corrected chi connectivity index (χ4v) is 5.13. The summed E-state index contributed by atoms with van der Waals surface area (Å²) in [6.07, 6.45) is 3.41. The van der Waals surface area contributed by atoms with Gasteiger partial charge < -0.3 is 0 Å². The minimum absolute atomic E-state index is 0.0937. The van der Waals surface area contributed by atoms with Crippen molar-refractivity contribution < 1.29 is 13.3 Å². The number of rotatable bonds is 3. The standard InChI is InChI=1S/C18H16N2O4S/c21-20(22)16-7-5-14-9-10-19(18(14)12-16)25(23,24)17-8-6-13-3-1-2-4-15(13)11-17/h1-5,7,11-12H,6,8-10H2. The van der Waals surface area contributed by atoms with Gasteiger partial charge in [0.25, 0.3) is 15.7 Å². The van der Waals surface area contributed by atoms with Crippen molar-refractivity contribution in [3.63, 3.8) is 0 Å². The number of sulfonamides is 1. The summed E-state index contributed by atoms with van der Waals surface area (Å²) < 4.78 is 27.6. The smallest absolute Gasteiger partial charge is 0.266 e. The average molecular weight is 356 g/mol. The number of aryl methyl sites for hydroxylation is 1. The van der Waals surface area contributed by atoms with Crippen LogP contribution in [0.15, 0.2) is 47.4 Å². The third-order valence-electron chi connectivity index (χ3n) is 4.77. The molecule has 4 rings (SSSR count). The molecule has 0 atom stereocenters. The molecular weight excluding hydrogens is 340 g/mol. The largest absolute Gasteiger partial charge is 0.271 e. The van der Waals surface area contributed by atoms with Crippen molar-refractivity contribution >= 4 is 27.5 Å². The van der Waals surface area contributed by atoms with Crippen LogP contribution in [0.5, 0.6) is 0 Å². The third kappa shape index (κ3) is 2.60. The summed E-state index contributed by atoms with van der Waals surface area (Å²) in [6, 6.07) is 12.2. The van der Waals surface area contributed by atoms with Gasteiger partial charge in [0.2, 0.25) is 0 Å². The Hall–Kier alpha value is -2.67. The Labute approximate surface area is 145 Å². The van der Waals surface area contributed by atoms with E-state index < -0.39 is 14.9 Å². The predicted octanol–water partition coefficient (Wildman–Crippen LogP) is 3.27. The van der Waals surface area contributed by atoms with E-state index in [1.807, 2.05) is 24.3 Å². The van der Waals surface area contributed by atoms with E-state index in [-0.39, 0.29) is 5.69 Å². The van der Waals surface area contributed by atoms with Gasteiger partial charge in [-0.15, -0.1) is 0 Å². The van der Waals surface area contributed by atoms with Crippen molar-refractivity contribution in [2.45, 2.75) is 19.3 Å². The van der Waals surface area contributed by atoms with Crippen LogP contribution in [0.4, 0.5) is 11.4 Å². The number of hydrogen-bond donors (Lipinski definition) is 0. The summed E-state index contributed by atoms with van der Waals surface area (Å²) in [6.45, 7) is 0.317. The summed E-state index contributed by atoms with van der Waals surface area (Å²) in [5, 5.41) is 11.0. The highest BCUT2D eigenvalue weighted by molar-refractivity contribution is 7.96. The fraction of sp³-hybridized carbons (Fsp3) is 0.222. The van der Waals surface area contributed by atoms with Gasteiger partial charge in [0.1, 0.15) is 0 Å². The Morgan fingerprint density at radius 2 is 1.80 bits per heavy atom. The molecule has 0 N–H and O–H groups in total. The third-order valence-corrected chi connectivity index (χ3v) is 6.71. The number of nitro benzene ring substituents is 1. The summed E-state index contributed by atoms with van der Waals surface area (Å²) in [5.74, 6) is 0. The molecule has 0 radical (unpaired) electrons. The predicted molar refractivity (Wildman–Crippen MR) is 95.8 cm³/mol. The van der Waals surface area contributed by atoms with Gasteiger partial charge in [-0.2, -0.15) is 0 Å². The minimum Gasteiger partial charge on any atom is -0.266 e. The molecule has 2 aromatic carbocycles. The van der Waals surface area contributed by atoms with Crippen LogP contribution in [0.2, 0.25) is 0 Å². The number of fused-ring (bicyclic) bond motifs is 2. The number of nitrogens with zero attached hydrogens (tertiary/aromatic N) is 2. The van der Waals surface area contributed by atoms with Crippen LogP contribution >= 0.6 is 0 Å². The Morgan fingerprint density at radius 1 is 1.00 bits per heavy atom. The van der Waals surface area contributed by atoms with Crippen molar-refractivity contribution in [1.82, 2.24) is 0 Å². The van der Waals surface area contributed by atoms with Crippen molar-refractivity contribution in [1.29, 1.82) is 0 Å². The number of allylic oxidation sites excluding steroid dienone is 1. The molecule has 1 aliphatic heterocycles. The van der Waals surface area contributed by atoms with Gasteiger partial charge in [0.05, 0.1) is 15.5 Å². The second-order valence-electron chi connectivity index (χ2n) is 6.21. The highest BCUT2D eigenvalue weighted by Gasteiger charge is 2.34. The van der Waals surface area contributed by atoms with Gasteiger partial charge in [-0.05, 0) is 42.0 Å². The number of hydrogen-bond acceptors (Lipinski definition) is 4. The van der Waals surface area contributed by atoms with Gasteiger partial charge in [-0.3, -0.25) is 14.4 Å². The lowest BCUT2D eigenvalue weighted by Gasteiger charge is -2.24. The molecule has 0 aromatic heterocycles. The first kappa shape index (κ1) is 15.8.